The molecule has 0 aliphatic heterocycles. The van der Waals surface area contributed by atoms with Gasteiger partial charge in [0.05, 0.1) is 17.2 Å². The third-order valence-electron chi connectivity index (χ3n) is 2.44. The van der Waals surface area contributed by atoms with E-state index in [1.165, 1.54) is 6.20 Å². The lowest BCUT2D eigenvalue weighted by Crippen LogP contribution is -1.99. The van der Waals surface area contributed by atoms with Crippen molar-refractivity contribution in [3.63, 3.8) is 0 Å². The highest BCUT2D eigenvalue weighted by Gasteiger charge is 2.09. The van der Waals surface area contributed by atoms with Crippen LogP contribution in [0.5, 0.6) is 5.88 Å². The van der Waals surface area contributed by atoms with E-state index in [9.17, 15) is 4.39 Å². The van der Waals surface area contributed by atoms with Crippen LogP contribution in [0.4, 0.5) is 4.39 Å². The Morgan fingerprint density at radius 2 is 2.29 bits per heavy atom. The second kappa shape index (κ2) is 4.91. The van der Waals surface area contributed by atoms with Crippen LogP contribution >= 0.6 is 0 Å². The van der Waals surface area contributed by atoms with Crippen molar-refractivity contribution in [2.45, 2.75) is 13.3 Å². The number of rotatable bonds is 4. The van der Waals surface area contributed by atoms with E-state index in [1.54, 1.807) is 18.2 Å². The normalized spacial score (nSPS) is 10.5. The highest BCUT2D eigenvalue weighted by Crippen LogP contribution is 2.21. The average Bonchev–Trinajstić information content (AvgIpc) is 2.36. The maximum Gasteiger partial charge on any atom is 0.214 e. The summed E-state index contributed by atoms with van der Waals surface area (Å²) < 4.78 is 18.9. The second-order valence-corrected chi connectivity index (χ2v) is 3.56. The van der Waals surface area contributed by atoms with Gasteiger partial charge in [0.15, 0.2) is 0 Å². The first-order valence-corrected chi connectivity index (χ1v) is 5.44. The molecule has 0 spiro atoms. The number of hydrogen-bond donors (Lipinski definition) is 0. The molecule has 2 heterocycles. The SMILES string of the molecule is C=CCOc1ccc2ncc(F)c(CC)c2n1. The summed E-state index contributed by atoms with van der Waals surface area (Å²) in [7, 11) is 0. The fraction of sp³-hybridized carbons (Fsp3) is 0.231. The van der Waals surface area contributed by atoms with Gasteiger partial charge in [-0.25, -0.2) is 9.37 Å². The topological polar surface area (TPSA) is 35.0 Å². The van der Waals surface area contributed by atoms with Crippen LogP contribution in [0.3, 0.4) is 0 Å². The van der Waals surface area contributed by atoms with Gasteiger partial charge in [-0.1, -0.05) is 19.6 Å². The van der Waals surface area contributed by atoms with Crippen molar-refractivity contribution in [2.75, 3.05) is 6.61 Å². The van der Waals surface area contributed by atoms with Gasteiger partial charge in [-0.15, -0.1) is 0 Å². The van der Waals surface area contributed by atoms with Crippen LogP contribution in [0.1, 0.15) is 12.5 Å². The second-order valence-electron chi connectivity index (χ2n) is 3.56. The molecule has 0 fully saturated rings. The molecule has 0 aliphatic carbocycles. The molecule has 3 nitrogen and oxygen atoms in total. The van der Waals surface area contributed by atoms with Gasteiger partial charge >= 0.3 is 0 Å². The molecule has 4 heteroatoms. The summed E-state index contributed by atoms with van der Waals surface area (Å²) in [4.78, 5) is 8.27. The van der Waals surface area contributed by atoms with Crippen molar-refractivity contribution in [2.24, 2.45) is 0 Å². The number of halogens is 1. The predicted octanol–water partition coefficient (Wildman–Crippen LogP) is 2.90. The van der Waals surface area contributed by atoms with Gasteiger partial charge in [0.25, 0.3) is 0 Å². The zero-order valence-electron chi connectivity index (χ0n) is 9.61. The van der Waals surface area contributed by atoms with E-state index < -0.39 is 0 Å². The van der Waals surface area contributed by atoms with E-state index >= 15 is 0 Å². The molecule has 2 aromatic rings. The minimum Gasteiger partial charge on any atom is -0.473 e. The first-order chi connectivity index (χ1) is 8.26. The van der Waals surface area contributed by atoms with Crippen LogP contribution in [0.25, 0.3) is 11.0 Å². The van der Waals surface area contributed by atoms with Gasteiger partial charge in [0, 0.05) is 11.6 Å². The highest BCUT2D eigenvalue weighted by atomic mass is 19.1. The van der Waals surface area contributed by atoms with Crippen LogP contribution in [-0.2, 0) is 6.42 Å². The van der Waals surface area contributed by atoms with E-state index in [4.69, 9.17) is 4.74 Å². The molecule has 0 atom stereocenters. The number of nitrogens with zero attached hydrogens (tertiary/aromatic N) is 2. The molecule has 2 rings (SSSR count). The Morgan fingerprint density at radius 1 is 1.47 bits per heavy atom. The van der Waals surface area contributed by atoms with Crippen LogP contribution in [-0.4, -0.2) is 16.6 Å². The van der Waals surface area contributed by atoms with E-state index in [0.717, 1.165) is 0 Å². The van der Waals surface area contributed by atoms with Crippen LogP contribution < -0.4 is 4.74 Å². The Balaban J connectivity index is 2.53. The maximum absolute atomic E-state index is 13.5. The predicted molar refractivity (Wildman–Crippen MR) is 64.6 cm³/mol. The molecular formula is C13H13FN2O. The molecule has 0 saturated heterocycles. The summed E-state index contributed by atoms with van der Waals surface area (Å²) in [5.74, 6) is 0.132. The molecule has 0 saturated carbocycles. The van der Waals surface area contributed by atoms with Crippen molar-refractivity contribution in [3.05, 3.63) is 42.4 Å². The Bertz CT molecular complexity index is 554. The Hall–Kier alpha value is -1.97. The van der Waals surface area contributed by atoms with Gasteiger partial charge in [-0.3, -0.25) is 4.98 Å². The molecule has 88 valence electrons. The lowest BCUT2D eigenvalue weighted by molar-refractivity contribution is 0.350. The standard InChI is InChI=1S/C13H13FN2O/c1-3-7-17-12-6-5-11-13(16-12)9(4-2)10(14)8-15-11/h3,5-6,8H,1,4,7H2,2H3. The van der Waals surface area contributed by atoms with Crippen LogP contribution in [0.15, 0.2) is 31.0 Å². The summed E-state index contributed by atoms with van der Waals surface area (Å²) >= 11 is 0. The van der Waals surface area contributed by atoms with Gasteiger partial charge in [-0.2, -0.15) is 0 Å². The largest absolute Gasteiger partial charge is 0.473 e. The molecule has 0 N–H and O–H groups in total. The van der Waals surface area contributed by atoms with Crippen LogP contribution in [0.2, 0.25) is 0 Å². The smallest absolute Gasteiger partial charge is 0.214 e. The zero-order valence-corrected chi connectivity index (χ0v) is 9.61. The number of aryl methyl sites for hydroxylation is 1. The fourth-order valence-electron chi connectivity index (χ4n) is 1.64. The van der Waals surface area contributed by atoms with Crippen molar-refractivity contribution >= 4 is 11.0 Å². The van der Waals surface area contributed by atoms with Crippen molar-refractivity contribution in [3.8, 4) is 5.88 Å². The van der Waals surface area contributed by atoms with Gasteiger partial charge in [-0.05, 0) is 12.5 Å². The molecule has 17 heavy (non-hydrogen) atoms. The minimum absolute atomic E-state index is 0.326. The Morgan fingerprint density at radius 3 is 3.00 bits per heavy atom. The van der Waals surface area contributed by atoms with Crippen LogP contribution in [0, 0.1) is 5.82 Å². The molecule has 0 bridgehead atoms. The van der Waals surface area contributed by atoms with Crippen molar-refractivity contribution in [1.29, 1.82) is 0 Å². The molecular weight excluding hydrogens is 219 g/mol. The quantitative estimate of drug-likeness (QED) is 0.760. The van der Waals surface area contributed by atoms with E-state index in [0.29, 0.717) is 35.5 Å². The first kappa shape index (κ1) is 11.5. The van der Waals surface area contributed by atoms with Crippen molar-refractivity contribution < 1.29 is 9.13 Å². The Kier molecular flexibility index (Phi) is 3.32. The Labute approximate surface area is 99.0 Å². The third kappa shape index (κ3) is 2.25. The number of hydrogen-bond acceptors (Lipinski definition) is 3. The van der Waals surface area contributed by atoms with E-state index in [2.05, 4.69) is 16.5 Å². The molecule has 0 amide bonds. The number of ether oxygens (including phenoxy) is 1. The summed E-state index contributed by atoms with van der Waals surface area (Å²) in [5, 5.41) is 0. The number of pyridine rings is 2. The monoisotopic (exact) mass is 232 g/mol. The van der Waals surface area contributed by atoms with Gasteiger partial charge in [0.1, 0.15) is 12.4 Å². The summed E-state index contributed by atoms with van der Waals surface area (Å²) in [6.45, 7) is 5.82. The summed E-state index contributed by atoms with van der Waals surface area (Å²) in [6.07, 6.45) is 3.44. The lowest BCUT2D eigenvalue weighted by Gasteiger charge is -2.07. The number of aromatic nitrogens is 2. The summed E-state index contributed by atoms with van der Waals surface area (Å²) in [6, 6.07) is 3.50. The molecule has 0 radical (unpaired) electrons. The molecule has 2 aromatic heterocycles. The molecule has 0 aromatic carbocycles. The molecule has 0 aliphatic rings. The third-order valence-corrected chi connectivity index (χ3v) is 2.44. The lowest BCUT2D eigenvalue weighted by atomic mass is 10.1. The molecule has 0 unspecified atom stereocenters. The first-order valence-electron chi connectivity index (χ1n) is 5.44. The number of fused-ring (bicyclic) bond motifs is 1. The van der Waals surface area contributed by atoms with Gasteiger partial charge < -0.3 is 4.74 Å². The maximum atomic E-state index is 13.5. The average molecular weight is 232 g/mol. The summed E-state index contributed by atoms with van der Waals surface area (Å²) in [5.41, 5.74) is 1.81. The van der Waals surface area contributed by atoms with Gasteiger partial charge in [0.2, 0.25) is 5.88 Å². The zero-order chi connectivity index (χ0) is 12.3. The highest BCUT2D eigenvalue weighted by molar-refractivity contribution is 5.78. The van der Waals surface area contributed by atoms with E-state index in [1.807, 2.05) is 6.92 Å². The minimum atomic E-state index is -0.326. The van der Waals surface area contributed by atoms with Crippen molar-refractivity contribution in [1.82, 2.24) is 9.97 Å². The van der Waals surface area contributed by atoms with E-state index in [-0.39, 0.29) is 5.82 Å². The fourth-order valence-corrected chi connectivity index (χ4v) is 1.64.